The number of methoxy groups -OCH3 is 2. The molecular formula is C20H26N2O3. The van der Waals surface area contributed by atoms with Crippen LogP contribution in [0.2, 0.25) is 0 Å². The summed E-state index contributed by atoms with van der Waals surface area (Å²) in [6, 6.07) is 15.8. The number of benzene rings is 2. The minimum atomic E-state index is -0.507. The molecule has 0 aromatic heterocycles. The fourth-order valence-electron chi connectivity index (χ4n) is 3.26. The number of β-amino-alcohol motifs (C(OH)–C–C–N with tert-alkyl or cyclic N) is 1. The number of rotatable bonds is 6. The smallest absolute Gasteiger partial charge is 0.142 e. The molecule has 0 aliphatic carbocycles. The van der Waals surface area contributed by atoms with E-state index in [1.165, 1.54) is 0 Å². The zero-order valence-corrected chi connectivity index (χ0v) is 14.9. The molecular weight excluding hydrogens is 316 g/mol. The van der Waals surface area contributed by atoms with Crippen LogP contribution in [0, 0.1) is 0 Å². The molecule has 0 radical (unpaired) electrons. The Morgan fingerprint density at radius 2 is 1.72 bits per heavy atom. The minimum absolute atomic E-state index is 0.507. The summed E-state index contributed by atoms with van der Waals surface area (Å²) in [7, 11) is 3.35. The van der Waals surface area contributed by atoms with E-state index in [9.17, 15) is 5.11 Å². The maximum Gasteiger partial charge on any atom is 0.142 e. The van der Waals surface area contributed by atoms with E-state index < -0.39 is 6.10 Å². The molecule has 1 unspecified atom stereocenters. The van der Waals surface area contributed by atoms with Crippen molar-refractivity contribution in [1.29, 1.82) is 0 Å². The van der Waals surface area contributed by atoms with Crippen LogP contribution in [0.1, 0.15) is 11.7 Å². The van der Waals surface area contributed by atoms with Gasteiger partial charge in [0.15, 0.2) is 0 Å². The summed E-state index contributed by atoms with van der Waals surface area (Å²) in [6.45, 7) is 4.31. The molecule has 1 aliphatic heterocycles. The summed E-state index contributed by atoms with van der Waals surface area (Å²) in [5.74, 6) is 1.69. The second-order valence-corrected chi connectivity index (χ2v) is 6.25. The van der Waals surface area contributed by atoms with Crippen LogP contribution in [-0.2, 0) is 0 Å². The Morgan fingerprint density at radius 1 is 0.960 bits per heavy atom. The van der Waals surface area contributed by atoms with E-state index in [4.69, 9.17) is 9.47 Å². The first-order chi connectivity index (χ1) is 12.2. The van der Waals surface area contributed by atoms with Crippen LogP contribution >= 0.6 is 0 Å². The lowest BCUT2D eigenvalue weighted by atomic mass is 10.1. The Kier molecular flexibility index (Phi) is 5.79. The molecule has 2 aromatic carbocycles. The van der Waals surface area contributed by atoms with Gasteiger partial charge in [0.05, 0.1) is 26.0 Å². The Balaban J connectivity index is 1.57. The quantitative estimate of drug-likeness (QED) is 0.874. The number of hydrogen-bond donors (Lipinski definition) is 1. The van der Waals surface area contributed by atoms with Crippen molar-refractivity contribution in [2.45, 2.75) is 6.10 Å². The highest BCUT2D eigenvalue weighted by molar-refractivity contribution is 5.58. The summed E-state index contributed by atoms with van der Waals surface area (Å²) in [4.78, 5) is 4.64. The molecule has 0 amide bonds. The SMILES string of the molecule is COc1cccc(C(O)CN2CCN(c3ccccc3OC)CC2)c1. The summed E-state index contributed by atoms with van der Waals surface area (Å²) < 4.78 is 10.7. The molecule has 25 heavy (non-hydrogen) atoms. The Hall–Kier alpha value is -2.24. The highest BCUT2D eigenvalue weighted by Crippen LogP contribution is 2.28. The van der Waals surface area contributed by atoms with E-state index in [2.05, 4.69) is 15.9 Å². The van der Waals surface area contributed by atoms with Crippen LogP contribution < -0.4 is 14.4 Å². The van der Waals surface area contributed by atoms with E-state index in [-0.39, 0.29) is 0 Å². The van der Waals surface area contributed by atoms with Crippen LogP contribution in [0.3, 0.4) is 0 Å². The molecule has 1 saturated heterocycles. The zero-order valence-electron chi connectivity index (χ0n) is 14.9. The van der Waals surface area contributed by atoms with Crippen molar-refractivity contribution in [3.63, 3.8) is 0 Å². The van der Waals surface area contributed by atoms with Crippen molar-refractivity contribution < 1.29 is 14.6 Å². The van der Waals surface area contributed by atoms with Crippen molar-refractivity contribution in [3.8, 4) is 11.5 Å². The molecule has 134 valence electrons. The number of aliphatic hydroxyl groups is 1. The molecule has 1 heterocycles. The molecule has 5 heteroatoms. The molecule has 3 rings (SSSR count). The molecule has 0 bridgehead atoms. The second-order valence-electron chi connectivity index (χ2n) is 6.25. The lowest BCUT2D eigenvalue weighted by Crippen LogP contribution is -2.47. The van der Waals surface area contributed by atoms with E-state index >= 15 is 0 Å². The van der Waals surface area contributed by atoms with Gasteiger partial charge in [-0.3, -0.25) is 4.90 Å². The van der Waals surface area contributed by atoms with Gasteiger partial charge in [0.25, 0.3) is 0 Å². The molecule has 1 N–H and O–H groups in total. The fourth-order valence-corrected chi connectivity index (χ4v) is 3.26. The minimum Gasteiger partial charge on any atom is -0.497 e. The normalized spacial score (nSPS) is 16.5. The summed E-state index contributed by atoms with van der Waals surface area (Å²) in [5.41, 5.74) is 2.03. The molecule has 2 aromatic rings. The summed E-state index contributed by atoms with van der Waals surface area (Å²) in [6.07, 6.45) is -0.507. The standard InChI is InChI=1S/C20H26N2O3/c1-24-17-7-5-6-16(14-17)19(23)15-21-10-12-22(13-11-21)18-8-3-4-9-20(18)25-2/h3-9,14,19,23H,10-13,15H2,1-2H3. The average molecular weight is 342 g/mol. The average Bonchev–Trinajstić information content (AvgIpc) is 2.68. The Morgan fingerprint density at radius 3 is 2.44 bits per heavy atom. The van der Waals surface area contributed by atoms with Crippen molar-refractivity contribution in [2.24, 2.45) is 0 Å². The van der Waals surface area contributed by atoms with Crippen molar-refractivity contribution in [2.75, 3.05) is 51.8 Å². The van der Waals surface area contributed by atoms with Gasteiger partial charge in [-0.2, -0.15) is 0 Å². The number of aliphatic hydroxyl groups excluding tert-OH is 1. The predicted molar refractivity (Wildman–Crippen MR) is 99.6 cm³/mol. The molecule has 5 nitrogen and oxygen atoms in total. The zero-order chi connectivity index (χ0) is 17.6. The van der Waals surface area contributed by atoms with E-state index in [1.807, 2.05) is 42.5 Å². The first-order valence-corrected chi connectivity index (χ1v) is 8.63. The first kappa shape index (κ1) is 17.6. The number of hydrogen-bond acceptors (Lipinski definition) is 5. The van der Waals surface area contributed by atoms with Gasteiger partial charge in [0.1, 0.15) is 11.5 Å². The third-order valence-electron chi connectivity index (χ3n) is 4.71. The van der Waals surface area contributed by atoms with Crippen molar-refractivity contribution in [3.05, 3.63) is 54.1 Å². The molecule has 1 fully saturated rings. The van der Waals surface area contributed by atoms with Crippen LogP contribution in [0.15, 0.2) is 48.5 Å². The topological polar surface area (TPSA) is 45.2 Å². The van der Waals surface area contributed by atoms with Crippen LogP contribution in [0.4, 0.5) is 5.69 Å². The van der Waals surface area contributed by atoms with Crippen molar-refractivity contribution >= 4 is 5.69 Å². The maximum absolute atomic E-state index is 10.5. The second kappa shape index (κ2) is 8.23. The van der Waals surface area contributed by atoms with Crippen molar-refractivity contribution in [1.82, 2.24) is 4.90 Å². The van der Waals surface area contributed by atoms with Crippen LogP contribution in [0.5, 0.6) is 11.5 Å². The highest BCUT2D eigenvalue weighted by Gasteiger charge is 2.21. The van der Waals surface area contributed by atoms with Gasteiger partial charge >= 0.3 is 0 Å². The largest absolute Gasteiger partial charge is 0.497 e. The number of anilines is 1. The highest BCUT2D eigenvalue weighted by atomic mass is 16.5. The molecule has 0 spiro atoms. The molecule has 0 saturated carbocycles. The summed E-state index contributed by atoms with van der Waals surface area (Å²) >= 11 is 0. The van der Waals surface area contributed by atoms with Gasteiger partial charge in [-0.1, -0.05) is 24.3 Å². The third-order valence-corrected chi connectivity index (χ3v) is 4.71. The van der Waals surface area contributed by atoms with Gasteiger partial charge in [-0.15, -0.1) is 0 Å². The first-order valence-electron chi connectivity index (χ1n) is 8.63. The van der Waals surface area contributed by atoms with Crippen LogP contribution in [0.25, 0.3) is 0 Å². The van der Waals surface area contributed by atoms with E-state index in [0.717, 1.165) is 48.9 Å². The summed E-state index contributed by atoms with van der Waals surface area (Å²) in [5, 5.41) is 10.5. The number of piperazine rings is 1. The number of para-hydroxylation sites is 2. The van der Waals surface area contributed by atoms with Gasteiger partial charge < -0.3 is 19.5 Å². The Labute approximate surface area is 149 Å². The van der Waals surface area contributed by atoms with Gasteiger partial charge in [-0.25, -0.2) is 0 Å². The van der Waals surface area contributed by atoms with E-state index in [1.54, 1.807) is 14.2 Å². The fraction of sp³-hybridized carbons (Fsp3) is 0.400. The van der Waals surface area contributed by atoms with Gasteiger partial charge in [-0.05, 0) is 29.8 Å². The number of nitrogens with zero attached hydrogens (tertiary/aromatic N) is 2. The van der Waals surface area contributed by atoms with Gasteiger partial charge in [0, 0.05) is 32.7 Å². The molecule has 1 atom stereocenters. The monoisotopic (exact) mass is 342 g/mol. The lowest BCUT2D eigenvalue weighted by molar-refractivity contribution is 0.109. The third kappa shape index (κ3) is 4.24. The predicted octanol–water partition coefficient (Wildman–Crippen LogP) is 2.56. The number of ether oxygens (including phenoxy) is 2. The molecule has 1 aliphatic rings. The van der Waals surface area contributed by atoms with Gasteiger partial charge in [0.2, 0.25) is 0 Å². The van der Waals surface area contributed by atoms with Crippen LogP contribution in [-0.4, -0.2) is 56.9 Å². The lowest BCUT2D eigenvalue weighted by Gasteiger charge is -2.37. The Bertz CT molecular complexity index is 684. The van der Waals surface area contributed by atoms with E-state index in [0.29, 0.717) is 6.54 Å². The maximum atomic E-state index is 10.5.